The second-order valence-electron chi connectivity index (χ2n) is 3.88. The van der Waals surface area contributed by atoms with E-state index in [4.69, 9.17) is 11.0 Å². The molecule has 0 unspecified atom stereocenters. The van der Waals surface area contributed by atoms with Crippen LogP contribution in [0.15, 0.2) is 30.3 Å². The molecule has 2 rings (SSSR count). The molecular weight excluding hydrogens is 250 g/mol. The van der Waals surface area contributed by atoms with E-state index in [9.17, 15) is 8.78 Å². The average molecular weight is 260 g/mol. The molecule has 0 amide bonds. The van der Waals surface area contributed by atoms with Gasteiger partial charge in [0.25, 0.3) is 0 Å². The molecule has 0 aliphatic heterocycles. The van der Waals surface area contributed by atoms with Gasteiger partial charge in [0.2, 0.25) is 0 Å². The van der Waals surface area contributed by atoms with E-state index in [1.54, 1.807) is 31.3 Å². The van der Waals surface area contributed by atoms with E-state index in [1.807, 2.05) is 6.07 Å². The lowest BCUT2D eigenvalue weighted by atomic mass is 10.2. The number of hydrogen-bond donors (Lipinski definition) is 1. The van der Waals surface area contributed by atoms with E-state index in [0.717, 1.165) is 0 Å². The van der Waals surface area contributed by atoms with Crippen LogP contribution in [0.3, 0.4) is 0 Å². The summed E-state index contributed by atoms with van der Waals surface area (Å²) in [6.45, 7) is 0. The van der Waals surface area contributed by atoms with Crippen molar-refractivity contribution in [2.45, 2.75) is 0 Å². The molecule has 0 aliphatic rings. The van der Waals surface area contributed by atoms with Crippen LogP contribution in [0.1, 0.15) is 5.56 Å². The Morgan fingerprint density at radius 3 is 2.68 bits per heavy atom. The maximum Gasteiger partial charge on any atom is 0.171 e. The molecule has 0 radical (unpaired) electrons. The predicted molar refractivity (Wildman–Crippen MR) is 67.8 cm³/mol. The van der Waals surface area contributed by atoms with Crippen molar-refractivity contribution < 1.29 is 8.78 Å². The molecule has 0 fully saturated rings. The van der Waals surface area contributed by atoms with Gasteiger partial charge >= 0.3 is 0 Å². The topological polar surface area (TPSA) is 65.9 Å². The fourth-order valence-corrected chi connectivity index (χ4v) is 1.61. The van der Waals surface area contributed by atoms with Crippen LogP contribution in [0.2, 0.25) is 0 Å². The highest BCUT2D eigenvalue weighted by Gasteiger charge is 2.15. The highest BCUT2D eigenvalue weighted by Crippen LogP contribution is 2.26. The van der Waals surface area contributed by atoms with E-state index < -0.39 is 11.6 Å². The Bertz CT molecular complexity index is 664. The van der Waals surface area contributed by atoms with Crippen LogP contribution in [0.25, 0.3) is 0 Å². The molecular formula is C13H10F2N4. The number of nitrogen functional groups attached to an aromatic ring is 1. The van der Waals surface area contributed by atoms with Crippen LogP contribution >= 0.6 is 0 Å². The number of rotatable bonds is 2. The standard InChI is InChI=1S/C13H10F2N4/c1-19(9-4-2-3-8(5-9)7-16)13-11(15)6-10(14)12(17)18-13/h2-6H,1H3,(H2,17,18). The molecule has 4 nitrogen and oxygen atoms in total. The van der Waals surface area contributed by atoms with Gasteiger partial charge in [0, 0.05) is 18.8 Å². The summed E-state index contributed by atoms with van der Waals surface area (Å²) < 4.78 is 26.7. The zero-order valence-electron chi connectivity index (χ0n) is 10.1. The van der Waals surface area contributed by atoms with Crippen LogP contribution in [0.4, 0.5) is 26.1 Å². The lowest BCUT2D eigenvalue weighted by Gasteiger charge is -2.19. The molecule has 2 N–H and O–H groups in total. The Labute approximate surface area is 108 Å². The maximum absolute atomic E-state index is 13.7. The molecule has 0 bridgehead atoms. The van der Waals surface area contributed by atoms with E-state index in [0.29, 0.717) is 17.3 Å². The van der Waals surface area contributed by atoms with Crippen molar-refractivity contribution in [3.8, 4) is 6.07 Å². The molecule has 1 aromatic carbocycles. The Kier molecular flexibility index (Phi) is 3.29. The summed E-state index contributed by atoms with van der Waals surface area (Å²) >= 11 is 0. The van der Waals surface area contributed by atoms with Crippen LogP contribution in [0.5, 0.6) is 0 Å². The minimum Gasteiger partial charge on any atom is -0.381 e. The van der Waals surface area contributed by atoms with E-state index >= 15 is 0 Å². The van der Waals surface area contributed by atoms with Crippen molar-refractivity contribution in [1.82, 2.24) is 4.98 Å². The summed E-state index contributed by atoms with van der Waals surface area (Å²) in [5, 5.41) is 8.82. The van der Waals surface area contributed by atoms with E-state index in [2.05, 4.69) is 4.98 Å². The highest BCUT2D eigenvalue weighted by molar-refractivity contribution is 5.62. The van der Waals surface area contributed by atoms with Gasteiger partial charge in [0.1, 0.15) is 0 Å². The monoisotopic (exact) mass is 260 g/mol. The molecule has 0 saturated heterocycles. The number of aromatic nitrogens is 1. The molecule has 2 aromatic rings. The average Bonchev–Trinajstić information content (AvgIpc) is 2.42. The number of anilines is 3. The Balaban J connectivity index is 2.47. The first kappa shape index (κ1) is 12.8. The molecule has 6 heteroatoms. The minimum atomic E-state index is -0.902. The summed E-state index contributed by atoms with van der Waals surface area (Å²) in [7, 11) is 1.55. The number of nitriles is 1. The van der Waals surface area contributed by atoms with Gasteiger partial charge in [-0.1, -0.05) is 6.07 Å². The smallest absolute Gasteiger partial charge is 0.171 e. The zero-order valence-corrected chi connectivity index (χ0v) is 10.1. The van der Waals surface area contributed by atoms with Crippen molar-refractivity contribution >= 4 is 17.3 Å². The van der Waals surface area contributed by atoms with Crippen molar-refractivity contribution in [2.75, 3.05) is 17.7 Å². The first-order valence-corrected chi connectivity index (χ1v) is 5.38. The number of benzene rings is 1. The molecule has 0 spiro atoms. The normalized spacial score (nSPS) is 10.0. The van der Waals surface area contributed by atoms with E-state index in [1.165, 1.54) is 4.90 Å². The number of halogens is 2. The SMILES string of the molecule is CN(c1cccc(C#N)c1)c1nc(N)c(F)cc1F. The fraction of sp³-hybridized carbons (Fsp3) is 0.0769. The predicted octanol–water partition coefficient (Wildman–Crippen LogP) is 2.58. The summed E-state index contributed by atoms with van der Waals surface area (Å²) in [6.07, 6.45) is 0. The third-order valence-corrected chi connectivity index (χ3v) is 2.62. The van der Waals surface area contributed by atoms with Crippen LogP contribution in [-0.2, 0) is 0 Å². The number of hydrogen-bond acceptors (Lipinski definition) is 4. The summed E-state index contributed by atoms with van der Waals surface area (Å²) in [5.74, 6) is -2.20. The second-order valence-corrected chi connectivity index (χ2v) is 3.88. The highest BCUT2D eigenvalue weighted by atomic mass is 19.1. The lowest BCUT2D eigenvalue weighted by molar-refractivity contribution is 0.577. The summed E-state index contributed by atoms with van der Waals surface area (Å²) in [6, 6.07) is 9.21. The van der Waals surface area contributed by atoms with Crippen molar-refractivity contribution in [3.63, 3.8) is 0 Å². The Morgan fingerprint density at radius 1 is 1.26 bits per heavy atom. The zero-order chi connectivity index (χ0) is 14.0. The second kappa shape index (κ2) is 4.90. The molecule has 1 heterocycles. The third-order valence-electron chi connectivity index (χ3n) is 2.62. The number of nitrogens with two attached hydrogens (primary N) is 1. The minimum absolute atomic E-state index is 0.103. The van der Waals surface area contributed by atoms with Gasteiger partial charge in [-0.25, -0.2) is 13.8 Å². The van der Waals surface area contributed by atoms with Gasteiger partial charge in [-0.15, -0.1) is 0 Å². The number of nitrogens with zero attached hydrogens (tertiary/aromatic N) is 3. The quantitative estimate of drug-likeness (QED) is 0.901. The first-order valence-electron chi connectivity index (χ1n) is 5.38. The Hall–Kier alpha value is -2.68. The van der Waals surface area contributed by atoms with Crippen LogP contribution < -0.4 is 10.6 Å². The molecule has 0 aliphatic carbocycles. The molecule has 0 atom stereocenters. The van der Waals surface area contributed by atoms with Crippen LogP contribution in [-0.4, -0.2) is 12.0 Å². The maximum atomic E-state index is 13.7. The van der Waals surface area contributed by atoms with Gasteiger partial charge in [0.05, 0.1) is 11.6 Å². The fourth-order valence-electron chi connectivity index (χ4n) is 1.61. The van der Waals surface area contributed by atoms with Gasteiger partial charge in [-0.05, 0) is 18.2 Å². The van der Waals surface area contributed by atoms with Crippen molar-refractivity contribution in [1.29, 1.82) is 5.26 Å². The summed E-state index contributed by atoms with van der Waals surface area (Å²) in [5.41, 5.74) is 6.31. The third kappa shape index (κ3) is 2.45. The van der Waals surface area contributed by atoms with Gasteiger partial charge in [0.15, 0.2) is 23.3 Å². The first-order chi connectivity index (χ1) is 9.02. The molecule has 1 aromatic heterocycles. The van der Waals surface area contributed by atoms with Gasteiger partial charge < -0.3 is 10.6 Å². The molecule has 19 heavy (non-hydrogen) atoms. The van der Waals surface area contributed by atoms with Crippen molar-refractivity contribution in [3.05, 3.63) is 47.5 Å². The van der Waals surface area contributed by atoms with Gasteiger partial charge in [-0.2, -0.15) is 5.26 Å². The number of pyridine rings is 1. The van der Waals surface area contributed by atoms with Gasteiger partial charge in [-0.3, -0.25) is 0 Å². The largest absolute Gasteiger partial charge is 0.381 e. The van der Waals surface area contributed by atoms with Crippen molar-refractivity contribution in [2.24, 2.45) is 0 Å². The lowest BCUT2D eigenvalue weighted by Crippen LogP contribution is -2.14. The Morgan fingerprint density at radius 2 is 2.00 bits per heavy atom. The van der Waals surface area contributed by atoms with E-state index in [-0.39, 0.29) is 11.6 Å². The molecule has 96 valence electrons. The van der Waals surface area contributed by atoms with Crippen LogP contribution in [0, 0.1) is 23.0 Å². The summed E-state index contributed by atoms with van der Waals surface area (Å²) in [4.78, 5) is 5.07. The molecule has 0 saturated carbocycles.